The Hall–Kier alpha value is -2.54. The average molecular weight is 357 g/mol. The fraction of sp³-hybridized carbons (Fsp3) is 0.421. The topological polar surface area (TPSA) is 61.4 Å². The number of nitrogens with one attached hydrogen (secondary N) is 1. The molecule has 7 heteroatoms. The molecule has 0 unspecified atom stereocenters. The molecule has 1 saturated heterocycles. The zero-order valence-corrected chi connectivity index (χ0v) is 14.8. The molecule has 0 saturated carbocycles. The van der Waals surface area contributed by atoms with Crippen molar-refractivity contribution in [2.45, 2.75) is 12.8 Å². The molecule has 6 nitrogen and oxygen atoms in total. The minimum Gasteiger partial charge on any atom is -0.356 e. The van der Waals surface area contributed by atoms with Crippen molar-refractivity contribution in [2.24, 2.45) is 0 Å². The highest BCUT2D eigenvalue weighted by Gasteiger charge is 2.18. The Bertz CT molecular complexity index is 704. The van der Waals surface area contributed by atoms with Gasteiger partial charge in [-0.3, -0.25) is 9.69 Å². The van der Waals surface area contributed by atoms with E-state index in [0.29, 0.717) is 12.1 Å². The molecule has 0 bridgehead atoms. The van der Waals surface area contributed by atoms with Crippen molar-refractivity contribution >= 4 is 11.9 Å². The van der Waals surface area contributed by atoms with Gasteiger partial charge < -0.3 is 10.2 Å². The van der Waals surface area contributed by atoms with Gasteiger partial charge in [0.25, 0.3) is 0 Å². The van der Waals surface area contributed by atoms with Crippen LogP contribution >= 0.6 is 0 Å². The van der Waals surface area contributed by atoms with Crippen LogP contribution in [0.1, 0.15) is 12.0 Å². The minimum atomic E-state index is -0.331. The highest BCUT2D eigenvalue weighted by atomic mass is 19.1. The summed E-state index contributed by atoms with van der Waals surface area (Å²) in [4.78, 5) is 25.0. The van der Waals surface area contributed by atoms with Crippen LogP contribution < -0.4 is 10.2 Å². The third-order valence-electron chi connectivity index (χ3n) is 4.49. The molecule has 138 valence electrons. The van der Waals surface area contributed by atoms with Crippen molar-refractivity contribution in [3.8, 4) is 0 Å². The maximum atomic E-state index is 13.5. The first-order valence-corrected chi connectivity index (χ1v) is 8.97. The number of amides is 1. The van der Waals surface area contributed by atoms with E-state index in [1.165, 1.54) is 6.07 Å². The van der Waals surface area contributed by atoms with Gasteiger partial charge in [-0.2, -0.15) is 0 Å². The molecular formula is C19H24FN5O. The number of nitrogens with zero attached hydrogens (tertiary/aromatic N) is 4. The smallest absolute Gasteiger partial charge is 0.225 e. The molecule has 1 aromatic heterocycles. The minimum absolute atomic E-state index is 0.0857. The van der Waals surface area contributed by atoms with Crippen molar-refractivity contribution in [1.29, 1.82) is 0 Å². The van der Waals surface area contributed by atoms with Crippen LogP contribution in [0.15, 0.2) is 42.7 Å². The van der Waals surface area contributed by atoms with E-state index in [1.807, 2.05) is 6.07 Å². The second kappa shape index (κ2) is 9.24. The first-order chi connectivity index (χ1) is 12.7. The van der Waals surface area contributed by atoms with Crippen LogP contribution in [-0.4, -0.2) is 60.0 Å². The van der Waals surface area contributed by atoms with E-state index in [4.69, 9.17) is 0 Å². The molecule has 0 spiro atoms. The molecule has 3 rings (SSSR count). The van der Waals surface area contributed by atoms with Crippen LogP contribution in [0.3, 0.4) is 0 Å². The largest absolute Gasteiger partial charge is 0.356 e. The highest BCUT2D eigenvalue weighted by Crippen LogP contribution is 2.10. The van der Waals surface area contributed by atoms with Crippen LogP contribution in [-0.2, 0) is 11.2 Å². The Morgan fingerprint density at radius 3 is 2.54 bits per heavy atom. The third kappa shape index (κ3) is 5.23. The molecule has 2 aromatic rings. The molecule has 0 radical (unpaired) electrons. The lowest BCUT2D eigenvalue weighted by atomic mass is 10.1. The highest BCUT2D eigenvalue weighted by molar-refractivity contribution is 5.78. The third-order valence-corrected chi connectivity index (χ3v) is 4.49. The maximum absolute atomic E-state index is 13.5. The molecule has 0 atom stereocenters. The second-order valence-electron chi connectivity index (χ2n) is 6.35. The van der Waals surface area contributed by atoms with Gasteiger partial charge in [0, 0.05) is 45.1 Å². The van der Waals surface area contributed by atoms with E-state index >= 15 is 0 Å². The number of carbonyl (C=O) groups is 1. The van der Waals surface area contributed by atoms with Crippen LogP contribution in [0.4, 0.5) is 10.3 Å². The normalized spacial score (nSPS) is 15.0. The van der Waals surface area contributed by atoms with Crippen molar-refractivity contribution in [2.75, 3.05) is 44.2 Å². The summed E-state index contributed by atoms with van der Waals surface area (Å²) < 4.78 is 13.5. The lowest BCUT2D eigenvalue weighted by Gasteiger charge is -2.34. The summed E-state index contributed by atoms with van der Waals surface area (Å²) in [6.07, 6.45) is 4.49. The summed E-state index contributed by atoms with van der Waals surface area (Å²) in [6, 6.07) is 8.21. The fourth-order valence-corrected chi connectivity index (χ4v) is 3.03. The molecule has 1 N–H and O–H groups in total. The number of anilines is 1. The van der Waals surface area contributed by atoms with Crippen LogP contribution in [0.25, 0.3) is 0 Å². The molecule has 1 aliphatic rings. The van der Waals surface area contributed by atoms with E-state index in [2.05, 4.69) is 25.1 Å². The monoisotopic (exact) mass is 357 g/mol. The zero-order chi connectivity index (χ0) is 18.2. The Labute approximate surface area is 153 Å². The van der Waals surface area contributed by atoms with Gasteiger partial charge in [0.05, 0.1) is 6.42 Å². The van der Waals surface area contributed by atoms with Crippen molar-refractivity contribution < 1.29 is 9.18 Å². The number of rotatable bonds is 7. The molecule has 0 aliphatic carbocycles. The standard InChI is InChI=1S/C19H24FN5O/c20-17-6-2-1-5-16(17)15-18(26)21-9-4-10-24-11-13-25(14-12-24)19-22-7-3-8-23-19/h1-3,5-8H,4,9-15H2,(H,21,26). The summed E-state index contributed by atoms with van der Waals surface area (Å²) >= 11 is 0. The summed E-state index contributed by atoms with van der Waals surface area (Å²) in [7, 11) is 0. The average Bonchev–Trinajstić information content (AvgIpc) is 2.68. The van der Waals surface area contributed by atoms with Crippen molar-refractivity contribution in [3.05, 3.63) is 54.1 Å². The number of carbonyl (C=O) groups excluding carboxylic acids is 1. The van der Waals surface area contributed by atoms with E-state index in [1.54, 1.807) is 30.6 Å². The predicted molar refractivity (Wildman–Crippen MR) is 98.4 cm³/mol. The van der Waals surface area contributed by atoms with Gasteiger partial charge in [-0.25, -0.2) is 14.4 Å². The molecular weight excluding hydrogens is 333 g/mol. The SMILES string of the molecule is O=C(Cc1ccccc1F)NCCCN1CCN(c2ncccn2)CC1. The second-order valence-corrected chi connectivity index (χ2v) is 6.35. The van der Waals surface area contributed by atoms with Gasteiger partial charge in [-0.1, -0.05) is 18.2 Å². The number of hydrogen-bond donors (Lipinski definition) is 1. The first-order valence-electron chi connectivity index (χ1n) is 8.97. The van der Waals surface area contributed by atoms with E-state index in [0.717, 1.165) is 45.1 Å². The summed E-state index contributed by atoms with van der Waals surface area (Å²) in [5.41, 5.74) is 0.434. The van der Waals surface area contributed by atoms with E-state index in [-0.39, 0.29) is 18.1 Å². The van der Waals surface area contributed by atoms with E-state index in [9.17, 15) is 9.18 Å². The molecule has 26 heavy (non-hydrogen) atoms. The summed E-state index contributed by atoms with van der Waals surface area (Å²) in [6.45, 7) is 5.27. The van der Waals surface area contributed by atoms with Gasteiger partial charge in [0.1, 0.15) is 5.82 Å². The number of benzene rings is 1. The van der Waals surface area contributed by atoms with Crippen molar-refractivity contribution in [1.82, 2.24) is 20.2 Å². The zero-order valence-electron chi connectivity index (χ0n) is 14.8. The maximum Gasteiger partial charge on any atom is 0.225 e. The van der Waals surface area contributed by atoms with E-state index < -0.39 is 0 Å². The Morgan fingerprint density at radius 1 is 1.08 bits per heavy atom. The van der Waals surface area contributed by atoms with Gasteiger partial charge in [0.2, 0.25) is 11.9 Å². The quantitative estimate of drug-likeness (QED) is 0.761. The van der Waals surface area contributed by atoms with Crippen molar-refractivity contribution in [3.63, 3.8) is 0 Å². The molecule has 2 heterocycles. The first kappa shape index (κ1) is 18.3. The molecule has 1 aliphatic heterocycles. The molecule has 1 amide bonds. The summed E-state index contributed by atoms with van der Waals surface area (Å²) in [5.74, 6) is 0.316. The predicted octanol–water partition coefficient (Wildman–Crippen LogP) is 1.49. The Morgan fingerprint density at radius 2 is 1.81 bits per heavy atom. The van der Waals surface area contributed by atoms with Gasteiger partial charge in [-0.15, -0.1) is 0 Å². The molecule has 1 fully saturated rings. The van der Waals surface area contributed by atoms with Crippen LogP contribution in [0.5, 0.6) is 0 Å². The van der Waals surface area contributed by atoms with Crippen LogP contribution in [0.2, 0.25) is 0 Å². The number of hydrogen-bond acceptors (Lipinski definition) is 5. The Balaban J connectivity index is 1.31. The molecule has 1 aromatic carbocycles. The Kier molecular flexibility index (Phi) is 6.49. The number of piperazine rings is 1. The number of halogens is 1. The number of aromatic nitrogens is 2. The fourth-order valence-electron chi connectivity index (χ4n) is 3.03. The lowest BCUT2D eigenvalue weighted by Crippen LogP contribution is -2.47. The van der Waals surface area contributed by atoms with Gasteiger partial charge >= 0.3 is 0 Å². The summed E-state index contributed by atoms with van der Waals surface area (Å²) in [5, 5.41) is 2.87. The van der Waals surface area contributed by atoms with Crippen LogP contribution in [0, 0.1) is 5.82 Å². The van der Waals surface area contributed by atoms with Gasteiger partial charge in [0.15, 0.2) is 0 Å². The lowest BCUT2D eigenvalue weighted by molar-refractivity contribution is -0.120. The van der Waals surface area contributed by atoms with Gasteiger partial charge in [-0.05, 0) is 30.7 Å².